The fraction of sp³-hybridized carbons (Fsp3) is 0.900. The van der Waals surface area contributed by atoms with Crippen molar-refractivity contribution in [2.24, 2.45) is 0 Å². The van der Waals surface area contributed by atoms with Gasteiger partial charge in [-0.15, -0.1) is 11.8 Å². The van der Waals surface area contributed by atoms with Crippen LogP contribution >= 0.6 is 11.8 Å². The predicted octanol–water partition coefficient (Wildman–Crippen LogP) is 2.59. The normalized spacial score (nSPS) is 27.4. The highest BCUT2D eigenvalue weighted by molar-refractivity contribution is 8.01. The van der Waals surface area contributed by atoms with E-state index in [0.29, 0.717) is 0 Å². The molecule has 1 atom stereocenters. The van der Waals surface area contributed by atoms with Crippen LogP contribution in [0.25, 0.3) is 0 Å². The lowest BCUT2D eigenvalue weighted by atomic mass is 10.0. The zero-order chi connectivity index (χ0) is 9.57. The van der Waals surface area contributed by atoms with Gasteiger partial charge in [0.1, 0.15) is 4.75 Å². The van der Waals surface area contributed by atoms with Crippen LogP contribution in [0.1, 0.15) is 32.6 Å². The van der Waals surface area contributed by atoms with Crippen LogP contribution < -0.4 is 0 Å². The molecule has 1 unspecified atom stereocenters. The van der Waals surface area contributed by atoms with Crippen LogP contribution in [-0.4, -0.2) is 23.7 Å². The van der Waals surface area contributed by atoms with Gasteiger partial charge in [0.25, 0.3) is 0 Å². The maximum atomic E-state index is 9.05. The standard InChI is InChI=1S/C10H17NOS/c1-2-6-12-7-5-10(9-11)4-3-8-13-10/h2-8H2,1H3. The quantitative estimate of drug-likeness (QED) is 0.638. The number of hydrogen-bond donors (Lipinski definition) is 0. The molecule has 2 nitrogen and oxygen atoms in total. The summed E-state index contributed by atoms with van der Waals surface area (Å²) in [7, 11) is 0. The summed E-state index contributed by atoms with van der Waals surface area (Å²) in [6.45, 7) is 3.67. The van der Waals surface area contributed by atoms with Crippen LogP contribution in [0.3, 0.4) is 0 Å². The molecule has 1 aliphatic heterocycles. The van der Waals surface area contributed by atoms with Gasteiger partial charge in [-0.3, -0.25) is 0 Å². The Morgan fingerprint density at radius 2 is 2.38 bits per heavy atom. The van der Waals surface area contributed by atoms with Crippen LogP contribution in [0.5, 0.6) is 0 Å². The monoisotopic (exact) mass is 199 g/mol. The molecule has 0 spiro atoms. The summed E-state index contributed by atoms with van der Waals surface area (Å²) in [5.41, 5.74) is 0. The molecule has 0 aromatic heterocycles. The molecule has 0 radical (unpaired) electrons. The molecule has 1 heterocycles. The minimum absolute atomic E-state index is 0.117. The van der Waals surface area contributed by atoms with Crippen molar-refractivity contribution in [1.82, 2.24) is 0 Å². The van der Waals surface area contributed by atoms with E-state index in [-0.39, 0.29) is 4.75 Å². The molecular formula is C10H17NOS. The molecule has 74 valence electrons. The van der Waals surface area contributed by atoms with Crippen LogP contribution in [0.2, 0.25) is 0 Å². The van der Waals surface area contributed by atoms with E-state index in [4.69, 9.17) is 10.00 Å². The topological polar surface area (TPSA) is 33.0 Å². The second-order valence-electron chi connectivity index (χ2n) is 3.42. The summed E-state index contributed by atoms with van der Waals surface area (Å²) >= 11 is 1.81. The first-order valence-corrected chi connectivity index (χ1v) is 5.94. The van der Waals surface area contributed by atoms with Crippen LogP contribution in [-0.2, 0) is 4.74 Å². The van der Waals surface area contributed by atoms with Gasteiger partial charge in [-0.2, -0.15) is 5.26 Å². The second-order valence-corrected chi connectivity index (χ2v) is 4.90. The first-order chi connectivity index (χ1) is 6.33. The van der Waals surface area contributed by atoms with E-state index in [0.717, 1.165) is 38.2 Å². The van der Waals surface area contributed by atoms with Crippen molar-refractivity contribution in [1.29, 1.82) is 5.26 Å². The number of ether oxygens (including phenoxy) is 1. The number of nitrogens with zero attached hydrogens (tertiary/aromatic N) is 1. The van der Waals surface area contributed by atoms with Crippen molar-refractivity contribution in [3.05, 3.63) is 0 Å². The molecule has 0 aromatic carbocycles. The molecule has 0 amide bonds. The lowest BCUT2D eigenvalue weighted by molar-refractivity contribution is 0.128. The Hall–Kier alpha value is -0.200. The second kappa shape index (κ2) is 5.51. The molecule has 1 saturated heterocycles. The fourth-order valence-corrected chi connectivity index (χ4v) is 2.78. The molecule has 0 aliphatic carbocycles. The molecule has 1 fully saturated rings. The Morgan fingerprint density at radius 1 is 1.54 bits per heavy atom. The molecule has 0 saturated carbocycles. The summed E-state index contributed by atoms with van der Waals surface area (Å²) in [5.74, 6) is 1.14. The Morgan fingerprint density at radius 3 is 2.92 bits per heavy atom. The minimum Gasteiger partial charge on any atom is -0.381 e. The Kier molecular flexibility index (Phi) is 4.61. The van der Waals surface area contributed by atoms with Gasteiger partial charge < -0.3 is 4.74 Å². The third-order valence-electron chi connectivity index (χ3n) is 2.31. The smallest absolute Gasteiger partial charge is 0.105 e. The molecular weight excluding hydrogens is 182 g/mol. The van der Waals surface area contributed by atoms with Gasteiger partial charge in [0.05, 0.1) is 6.07 Å². The largest absolute Gasteiger partial charge is 0.381 e. The first kappa shape index (κ1) is 10.9. The van der Waals surface area contributed by atoms with Gasteiger partial charge in [-0.05, 0) is 31.4 Å². The van der Waals surface area contributed by atoms with Crippen LogP contribution in [0, 0.1) is 11.3 Å². The third kappa shape index (κ3) is 3.21. The summed E-state index contributed by atoms with van der Waals surface area (Å²) in [5, 5.41) is 9.05. The van der Waals surface area contributed by atoms with Crippen molar-refractivity contribution < 1.29 is 4.74 Å². The number of rotatable bonds is 5. The van der Waals surface area contributed by atoms with Crippen LogP contribution in [0.4, 0.5) is 0 Å². The van der Waals surface area contributed by atoms with E-state index in [9.17, 15) is 0 Å². The van der Waals surface area contributed by atoms with E-state index >= 15 is 0 Å². The highest BCUT2D eigenvalue weighted by Gasteiger charge is 2.34. The van der Waals surface area contributed by atoms with E-state index in [1.54, 1.807) is 11.8 Å². The van der Waals surface area contributed by atoms with Crippen molar-refractivity contribution in [2.45, 2.75) is 37.4 Å². The number of thioether (sulfide) groups is 1. The zero-order valence-corrected chi connectivity index (χ0v) is 9.03. The van der Waals surface area contributed by atoms with Crippen molar-refractivity contribution in [2.75, 3.05) is 19.0 Å². The lowest BCUT2D eigenvalue weighted by Crippen LogP contribution is -2.20. The predicted molar refractivity (Wildman–Crippen MR) is 55.8 cm³/mol. The van der Waals surface area contributed by atoms with E-state index in [1.807, 2.05) is 0 Å². The molecule has 0 aromatic rings. The minimum atomic E-state index is -0.117. The SMILES string of the molecule is CCCOCCC1(C#N)CCCS1. The van der Waals surface area contributed by atoms with Crippen molar-refractivity contribution in [3.63, 3.8) is 0 Å². The molecule has 0 N–H and O–H groups in total. The van der Waals surface area contributed by atoms with E-state index < -0.39 is 0 Å². The highest BCUT2D eigenvalue weighted by atomic mass is 32.2. The highest BCUT2D eigenvalue weighted by Crippen LogP contribution is 2.40. The first-order valence-electron chi connectivity index (χ1n) is 4.96. The van der Waals surface area contributed by atoms with E-state index in [2.05, 4.69) is 13.0 Å². The molecule has 13 heavy (non-hydrogen) atoms. The number of hydrogen-bond acceptors (Lipinski definition) is 3. The molecule has 3 heteroatoms. The summed E-state index contributed by atoms with van der Waals surface area (Å²) in [6, 6.07) is 2.44. The average Bonchev–Trinajstić information content (AvgIpc) is 2.62. The van der Waals surface area contributed by atoms with Gasteiger partial charge in [0.15, 0.2) is 0 Å². The Balaban J connectivity index is 2.21. The van der Waals surface area contributed by atoms with Gasteiger partial charge in [-0.1, -0.05) is 6.92 Å². The molecule has 1 rings (SSSR count). The van der Waals surface area contributed by atoms with Gasteiger partial charge >= 0.3 is 0 Å². The summed E-state index contributed by atoms with van der Waals surface area (Å²) in [6.07, 6.45) is 4.19. The maximum Gasteiger partial charge on any atom is 0.105 e. The van der Waals surface area contributed by atoms with Crippen LogP contribution in [0.15, 0.2) is 0 Å². The van der Waals surface area contributed by atoms with Gasteiger partial charge in [0, 0.05) is 13.2 Å². The van der Waals surface area contributed by atoms with Gasteiger partial charge in [-0.25, -0.2) is 0 Å². The van der Waals surface area contributed by atoms with Crippen molar-refractivity contribution >= 4 is 11.8 Å². The fourth-order valence-electron chi connectivity index (χ4n) is 1.52. The summed E-state index contributed by atoms with van der Waals surface area (Å²) < 4.78 is 5.29. The zero-order valence-electron chi connectivity index (χ0n) is 8.21. The average molecular weight is 199 g/mol. The number of nitriles is 1. The van der Waals surface area contributed by atoms with E-state index in [1.165, 1.54) is 6.42 Å². The lowest BCUT2D eigenvalue weighted by Gasteiger charge is -2.18. The maximum absolute atomic E-state index is 9.05. The van der Waals surface area contributed by atoms with Crippen molar-refractivity contribution in [3.8, 4) is 6.07 Å². The molecule has 1 aliphatic rings. The third-order valence-corrected chi connectivity index (χ3v) is 3.85. The summed E-state index contributed by atoms with van der Waals surface area (Å²) in [4.78, 5) is 0. The molecule has 0 bridgehead atoms. The Labute approximate surface area is 84.6 Å². The Bertz CT molecular complexity index is 182. The van der Waals surface area contributed by atoms with Gasteiger partial charge in [0.2, 0.25) is 0 Å².